The second-order valence-electron chi connectivity index (χ2n) is 2.94. The normalized spacial score (nSPS) is 33.8. The molecule has 0 spiro atoms. The second-order valence-corrected chi connectivity index (χ2v) is 3.44. The van der Waals surface area contributed by atoms with Crippen LogP contribution in [0, 0.1) is 11.8 Å². The third-order valence-corrected chi connectivity index (χ3v) is 2.22. The van der Waals surface area contributed by atoms with Crippen LogP contribution in [0.4, 0.5) is 0 Å². The van der Waals surface area contributed by atoms with E-state index in [0.717, 1.165) is 0 Å². The molecular weight excluding hydrogens is 151 g/mol. The number of fused-ring (bicyclic) bond motifs is 1. The molecule has 0 saturated heterocycles. The first-order valence-electron chi connectivity index (χ1n) is 3.55. The molecule has 0 aromatic carbocycles. The van der Waals surface area contributed by atoms with Crippen molar-refractivity contribution in [3.63, 3.8) is 0 Å². The predicted molar refractivity (Wildman–Crippen MR) is 37.5 cm³/mol. The SMILES string of the molecule is C1CC2CC2C1.O=[P+](O)O. The summed E-state index contributed by atoms with van der Waals surface area (Å²) in [6.45, 7) is 0. The van der Waals surface area contributed by atoms with Crippen molar-refractivity contribution in [2.24, 2.45) is 11.8 Å². The van der Waals surface area contributed by atoms with E-state index in [0.29, 0.717) is 0 Å². The summed E-state index contributed by atoms with van der Waals surface area (Å²) in [6.07, 6.45) is 6.24. The minimum Gasteiger partial charge on any atom is -0.134 e. The number of hydrogen-bond acceptors (Lipinski definition) is 1. The monoisotopic (exact) mass is 163 g/mol. The molecule has 2 unspecified atom stereocenters. The quantitative estimate of drug-likeness (QED) is 0.531. The maximum absolute atomic E-state index is 8.70. The second kappa shape index (κ2) is 3.42. The van der Waals surface area contributed by atoms with Gasteiger partial charge in [0.2, 0.25) is 0 Å². The molecule has 2 aliphatic rings. The Balaban J connectivity index is 0.000000112. The Bertz CT molecular complexity index is 125. The number of hydrogen-bond donors (Lipinski definition) is 2. The van der Waals surface area contributed by atoms with E-state index in [1.165, 1.54) is 18.3 Å². The molecule has 2 fully saturated rings. The van der Waals surface area contributed by atoms with Crippen LogP contribution in [0.15, 0.2) is 0 Å². The molecule has 4 heteroatoms. The van der Waals surface area contributed by atoms with Gasteiger partial charge in [-0.05, 0) is 18.3 Å². The van der Waals surface area contributed by atoms with Gasteiger partial charge >= 0.3 is 8.25 Å². The van der Waals surface area contributed by atoms with Gasteiger partial charge in [0.25, 0.3) is 0 Å². The molecule has 2 aliphatic carbocycles. The van der Waals surface area contributed by atoms with E-state index in [1.54, 1.807) is 19.3 Å². The Morgan fingerprint density at radius 1 is 1.20 bits per heavy atom. The zero-order valence-corrected chi connectivity index (χ0v) is 6.63. The standard InChI is InChI=1S/C6H10.HO3P/c1-2-5-4-6(5)3-1;1-4(2)3/h5-6H,1-4H2;(H-,1,2,3)/p+1. The van der Waals surface area contributed by atoms with Gasteiger partial charge in [-0.1, -0.05) is 19.3 Å². The number of rotatable bonds is 0. The summed E-state index contributed by atoms with van der Waals surface area (Å²) in [5.74, 6) is 2.43. The van der Waals surface area contributed by atoms with E-state index in [4.69, 9.17) is 14.4 Å². The van der Waals surface area contributed by atoms with Crippen LogP contribution in [0.3, 0.4) is 0 Å². The van der Waals surface area contributed by atoms with Crippen molar-refractivity contribution in [3.8, 4) is 0 Å². The summed E-state index contributed by atoms with van der Waals surface area (Å²) in [7, 11) is -2.87. The van der Waals surface area contributed by atoms with Gasteiger partial charge in [-0.15, -0.1) is 9.79 Å². The van der Waals surface area contributed by atoms with Crippen LogP contribution >= 0.6 is 8.25 Å². The van der Waals surface area contributed by atoms with E-state index in [1.807, 2.05) is 0 Å². The van der Waals surface area contributed by atoms with Gasteiger partial charge in [-0.2, -0.15) is 0 Å². The van der Waals surface area contributed by atoms with Crippen LogP contribution in [-0.4, -0.2) is 9.79 Å². The summed E-state index contributed by atoms with van der Waals surface area (Å²) in [5, 5.41) is 0. The van der Waals surface area contributed by atoms with Gasteiger partial charge < -0.3 is 0 Å². The van der Waals surface area contributed by atoms with Gasteiger partial charge in [-0.25, -0.2) is 0 Å². The summed E-state index contributed by atoms with van der Waals surface area (Å²) in [6, 6.07) is 0. The fraction of sp³-hybridized carbons (Fsp3) is 1.00. The minimum atomic E-state index is -2.87. The highest BCUT2D eigenvalue weighted by Crippen LogP contribution is 2.51. The average Bonchev–Trinajstić information content (AvgIpc) is 2.40. The van der Waals surface area contributed by atoms with Crippen LogP contribution in [-0.2, 0) is 4.57 Å². The first-order chi connectivity index (χ1) is 4.70. The highest BCUT2D eigenvalue weighted by Gasteiger charge is 2.40. The van der Waals surface area contributed by atoms with Crippen molar-refractivity contribution in [1.82, 2.24) is 0 Å². The highest BCUT2D eigenvalue weighted by atomic mass is 31.1. The molecule has 0 aromatic heterocycles. The topological polar surface area (TPSA) is 57.5 Å². The van der Waals surface area contributed by atoms with Crippen LogP contribution in [0.25, 0.3) is 0 Å². The molecule has 58 valence electrons. The molecule has 2 saturated carbocycles. The smallest absolute Gasteiger partial charge is 0.134 e. The third kappa shape index (κ3) is 2.74. The van der Waals surface area contributed by atoms with E-state index in [2.05, 4.69) is 0 Å². The van der Waals surface area contributed by atoms with Crippen LogP contribution in [0.5, 0.6) is 0 Å². The predicted octanol–water partition coefficient (Wildman–Crippen LogP) is 1.43. The molecule has 3 nitrogen and oxygen atoms in total. The molecule has 0 aromatic rings. The fourth-order valence-electron chi connectivity index (χ4n) is 1.66. The average molecular weight is 163 g/mol. The molecule has 2 N–H and O–H groups in total. The summed E-state index contributed by atoms with van der Waals surface area (Å²) in [5.41, 5.74) is 0. The lowest BCUT2D eigenvalue weighted by molar-refractivity contribution is 0.405. The van der Waals surface area contributed by atoms with Gasteiger partial charge in [0.1, 0.15) is 0 Å². The Kier molecular flexibility index (Phi) is 2.78. The van der Waals surface area contributed by atoms with E-state index in [-0.39, 0.29) is 0 Å². The minimum absolute atomic E-state index is 1.21. The van der Waals surface area contributed by atoms with Crippen molar-refractivity contribution >= 4 is 8.25 Å². The van der Waals surface area contributed by atoms with Crippen LogP contribution < -0.4 is 0 Å². The van der Waals surface area contributed by atoms with E-state index < -0.39 is 8.25 Å². The zero-order valence-electron chi connectivity index (χ0n) is 5.73. The fourth-order valence-corrected chi connectivity index (χ4v) is 1.66. The van der Waals surface area contributed by atoms with E-state index in [9.17, 15) is 0 Å². The lowest BCUT2D eigenvalue weighted by Crippen LogP contribution is -1.64. The van der Waals surface area contributed by atoms with Crippen molar-refractivity contribution in [2.45, 2.75) is 25.7 Å². The van der Waals surface area contributed by atoms with Crippen LogP contribution in [0.1, 0.15) is 25.7 Å². The molecule has 10 heavy (non-hydrogen) atoms. The lowest BCUT2D eigenvalue weighted by atomic mass is 10.3. The molecule has 0 aliphatic heterocycles. The molecule has 2 atom stereocenters. The largest absolute Gasteiger partial charge is 0.692 e. The first kappa shape index (κ1) is 8.12. The maximum Gasteiger partial charge on any atom is 0.692 e. The van der Waals surface area contributed by atoms with Gasteiger partial charge in [-0.3, -0.25) is 0 Å². The Morgan fingerprint density at radius 2 is 1.60 bits per heavy atom. The third-order valence-electron chi connectivity index (χ3n) is 2.22. The molecular formula is C6H12O3P+. The van der Waals surface area contributed by atoms with Gasteiger partial charge in [0, 0.05) is 4.57 Å². The van der Waals surface area contributed by atoms with Crippen molar-refractivity contribution in [3.05, 3.63) is 0 Å². The molecule has 2 rings (SSSR count). The molecule has 0 heterocycles. The van der Waals surface area contributed by atoms with Gasteiger partial charge in [0.15, 0.2) is 0 Å². The first-order valence-corrected chi connectivity index (χ1v) is 4.71. The summed E-state index contributed by atoms with van der Waals surface area (Å²) >= 11 is 0. The Hall–Kier alpha value is 0.0200. The van der Waals surface area contributed by atoms with Crippen molar-refractivity contribution in [1.29, 1.82) is 0 Å². The Labute approximate surface area is 61.0 Å². The van der Waals surface area contributed by atoms with Gasteiger partial charge in [0.05, 0.1) is 0 Å². The summed E-state index contributed by atoms with van der Waals surface area (Å²) in [4.78, 5) is 14.2. The molecule has 0 bridgehead atoms. The Morgan fingerprint density at radius 3 is 1.70 bits per heavy atom. The highest BCUT2D eigenvalue weighted by molar-refractivity contribution is 7.30. The lowest BCUT2D eigenvalue weighted by Gasteiger charge is -1.80. The molecule has 0 amide bonds. The maximum atomic E-state index is 8.70. The van der Waals surface area contributed by atoms with Crippen molar-refractivity contribution < 1.29 is 14.4 Å². The van der Waals surface area contributed by atoms with E-state index >= 15 is 0 Å². The van der Waals surface area contributed by atoms with Crippen LogP contribution in [0.2, 0.25) is 0 Å². The van der Waals surface area contributed by atoms with Crippen molar-refractivity contribution in [2.75, 3.05) is 0 Å². The zero-order chi connectivity index (χ0) is 7.56. The summed E-state index contributed by atoms with van der Waals surface area (Å²) < 4.78 is 8.70. The molecule has 0 radical (unpaired) electrons.